The van der Waals surface area contributed by atoms with Crippen LogP contribution in [0.25, 0.3) is 0 Å². The molecule has 48 heavy (non-hydrogen) atoms. The Balaban J connectivity index is 0.000000335. The summed E-state index contributed by atoms with van der Waals surface area (Å²) in [4.78, 5) is 2.79. The maximum atomic E-state index is 13.2. The average Bonchev–Trinajstić information content (AvgIpc) is 3.03. The molecule has 0 radical (unpaired) electrons. The molecule has 3 aromatic rings. The molecule has 3 nitrogen and oxygen atoms in total. The number of para-hydroxylation sites is 1. The van der Waals surface area contributed by atoms with E-state index < -0.39 is 39.1 Å². The maximum Gasteiger partial charge on any atom is 0.460 e. The number of hydrogen-bond acceptors (Lipinski definition) is 3. The molecular formula is C34H40F9O3S2+. The Morgan fingerprint density at radius 1 is 0.562 bits per heavy atom. The van der Waals surface area contributed by atoms with Crippen molar-refractivity contribution in [3.05, 3.63) is 90.0 Å². The van der Waals surface area contributed by atoms with Gasteiger partial charge in [0.05, 0.1) is 0 Å². The lowest BCUT2D eigenvalue weighted by Crippen LogP contribution is -2.63. The van der Waals surface area contributed by atoms with E-state index in [9.17, 15) is 47.9 Å². The van der Waals surface area contributed by atoms with E-state index >= 15 is 0 Å². The van der Waals surface area contributed by atoms with E-state index in [2.05, 4.69) is 66.6 Å². The zero-order valence-electron chi connectivity index (χ0n) is 26.6. The van der Waals surface area contributed by atoms with Gasteiger partial charge in [0.1, 0.15) is 5.75 Å². The van der Waals surface area contributed by atoms with E-state index in [0.29, 0.717) is 12.1 Å². The van der Waals surface area contributed by atoms with Crippen LogP contribution in [0.1, 0.15) is 76.3 Å². The van der Waals surface area contributed by atoms with Gasteiger partial charge in [0.25, 0.3) is 0 Å². The molecule has 0 N–H and O–H groups in total. The number of thiol groups is 1. The molecule has 14 heteroatoms. The highest BCUT2D eigenvalue weighted by atomic mass is 32.2. The number of rotatable bonds is 17. The molecule has 3 rings (SSSR count). The molecule has 0 spiro atoms. The van der Waals surface area contributed by atoms with Crippen molar-refractivity contribution in [1.82, 2.24) is 0 Å². The summed E-state index contributed by atoms with van der Waals surface area (Å²) < 4.78 is 139. The van der Waals surface area contributed by atoms with Crippen molar-refractivity contribution in [2.75, 3.05) is 0 Å². The quantitative estimate of drug-likeness (QED) is 0.0456. The first-order valence-corrected chi connectivity index (χ1v) is 17.8. The number of halogens is 9. The van der Waals surface area contributed by atoms with Crippen molar-refractivity contribution in [2.45, 2.75) is 111 Å². The Labute approximate surface area is 280 Å². The zero-order valence-corrected chi connectivity index (χ0v) is 28.3. The first-order chi connectivity index (χ1) is 22.4. The minimum Gasteiger partial charge on any atom is -0.378 e. The highest BCUT2D eigenvalue weighted by Crippen LogP contribution is 2.55. The number of benzene rings is 3. The van der Waals surface area contributed by atoms with Crippen LogP contribution in [0, 0.1) is 0 Å². The smallest absolute Gasteiger partial charge is 0.378 e. The van der Waals surface area contributed by atoms with Gasteiger partial charge in [-0.3, -0.25) is 0 Å². The molecule has 0 aliphatic heterocycles. The fraction of sp³-hybridized carbons (Fsp3) is 0.471. The monoisotopic (exact) mass is 731 g/mol. The largest absolute Gasteiger partial charge is 0.460 e. The van der Waals surface area contributed by atoms with Crippen LogP contribution in [0.3, 0.4) is 0 Å². The molecule has 0 atom stereocenters. The minimum atomic E-state index is -7.32. The summed E-state index contributed by atoms with van der Waals surface area (Å²) in [6.07, 6.45) is 6.06. The molecule has 0 aliphatic carbocycles. The van der Waals surface area contributed by atoms with E-state index in [-0.39, 0.29) is 0 Å². The summed E-state index contributed by atoms with van der Waals surface area (Å²) in [7, 11) is -6.88. The third-order valence-corrected chi connectivity index (χ3v) is 9.56. The summed E-state index contributed by atoms with van der Waals surface area (Å²) in [5, 5.41) is -6.87. The number of hydrogen-bond donors (Lipinski definition) is 0. The molecule has 0 heterocycles. The highest BCUT2D eigenvalue weighted by Gasteiger charge is 2.86. The summed E-state index contributed by atoms with van der Waals surface area (Å²) in [6, 6.07) is 23.1. The third-order valence-electron chi connectivity index (χ3n) is 7.15. The molecular weight excluding hydrogens is 691 g/mol. The fourth-order valence-electron chi connectivity index (χ4n) is 4.31. The van der Waals surface area contributed by atoms with Gasteiger partial charge in [0.15, 0.2) is 9.79 Å². The van der Waals surface area contributed by atoms with Crippen LogP contribution in [-0.4, -0.2) is 31.7 Å². The van der Waals surface area contributed by atoms with Gasteiger partial charge in [-0.1, -0.05) is 94.8 Å². The van der Waals surface area contributed by atoms with Crippen molar-refractivity contribution in [3.8, 4) is 5.75 Å². The van der Waals surface area contributed by atoms with Crippen LogP contribution in [0.15, 0.2) is 88.7 Å². The lowest BCUT2D eigenvalue weighted by Gasteiger charge is -2.32. The van der Waals surface area contributed by atoms with Crippen molar-refractivity contribution in [3.63, 3.8) is 0 Å². The summed E-state index contributed by atoms with van der Waals surface area (Å²) >= 11 is 1.32. The van der Waals surface area contributed by atoms with Crippen LogP contribution < -0.4 is 4.18 Å². The van der Waals surface area contributed by atoms with Gasteiger partial charge in [-0.15, -0.1) is 0 Å². The molecule has 3 aromatic carbocycles. The average molecular weight is 732 g/mol. The second-order valence-corrected chi connectivity index (χ2v) is 13.9. The molecule has 0 amide bonds. The second kappa shape index (κ2) is 18.2. The highest BCUT2D eigenvalue weighted by molar-refractivity contribution is 7.88. The Hall–Kier alpha value is -2.87. The molecule has 0 aromatic heterocycles. The zero-order chi connectivity index (χ0) is 36.1. The summed E-state index contributed by atoms with van der Waals surface area (Å²) in [6.45, 7) is 4.54. The molecule has 268 valence electrons. The Morgan fingerprint density at radius 2 is 0.979 bits per heavy atom. The van der Waals surface area contributed by atoms with Crippen molar-refractivity contribution < 1.29 is 52.1 Å². The van der Waals surface area contributed by atoms with Gasteiger partial charge in [0, 0.05) is 11.8 Å². The van der Waals surface area contributed by atoms with Gasteiger partial charge in [-0.2, -0.15) is 47.9 Å². The van der Waals surface area contributed by atoms with Crippen LogP contribution in [0.2, 0.25) is 0 Å². The SMILES string of the molecule is CCCCCCc1ccc([SH+]c2ccc(CCCCCC)cc2)cc1.O=S(=O)(Oc1ccccc1)C(F)(F)C(F)(F)C(F)(F)C(F)(F)F. The second-order valence-electron chi connectivity index (χ2n) is 11.1. The van der Waals surface area contributed by atoms with Crippen LogP contribution in [0.5, 0.6) is 5.75 Å². The van der Waals surface area contributed by atoms with Gasteiger partial charge in [-0.05, 0) is 73.2 Å². The maximum absolute atomic E-state index is 13.2. The minimum absolute atomic E-state index is 0.674. The lowest BCUT2D eigenvalue weighted by molar-refractivity contribution is -0.382. The number of unbranched alkanes of at least 4 members (excludes halogenated alkanes) is 6. The molecule has 0 bridgehead atoms. The number of aryl methyl sites for hydroxylation is 2. The Kier molecular flexibility index (Phi) is 15.7. The third kappa shape index (κ3) is 11.3. The first-order valence-electron chi connectivity index (χ1n) is 15.5. The summed E-state index contributed by atoms with van der Waals surface area (Å²) in [5.41, 5.74) is 2.97. The Morgan fingerprint density at radius 3 is 1.35 bits per heavy atom. The Bertz CT molecular complexity index is 1410. The summed E-state index contributed by atoms with van der Waals surface area (Å²) in [5.74, 6) is -15.6. The van der Waals surface area contributed by atoms with Crippen molar-refractivity contribution >= 4 is 21.9 Å². The van der Waals surface area contributed by atoms with Crippen molar-refractivity contribution in [2.24, 2.45) is 0 Å². The van der Waals surface area contributed by atoms with E-state index in [0.717, 1.165) is 12.1 Å². The van der Waals surface area contributed by atoms with Gasteiger partial charge in [0.2, 0.25) is 0 Å². The molecule has 0 fully saturated rings. The fourth-order valence-corrected chi connectivity index (χ4v) is 6.11. The van der Waals surface area contributed by atoms with E-state index in [1.165, 1.54) is 103 Å². The topological polar surface area (TPSA) is 43.4 Å². The number of alkyl halides is 9. The van der Waals surface area contributed by atoms with Gasteiger partial charge in [-0.25, -0.2) is 0 Å². The predicted octanol–water partition coefficient (Wildman–Crippen LogP) is 11.0. The van der Waals surface area contributed by atoms with E-state index in [1.807, 2.05) is 0 Å². The molecule has 0 aliphatic rings. The van der Waals surface area contributed by atoms with Gasteiger partial charge < -0.3 is 4.18 Å². The van der Waals surface area contributed by atoms with Crippen molar-refractivity contribution in [1.29, 1.82) is 0 Å². The normalized spacial score (nSPS) is 12.7. The van der Waals surface area contributed by atoms with Crippen LogP contribution in [0.4, 0.5) is 39.5 Å². The van der Waals surface area contributed by atoms with Gasteiger partial charge >= 0.3 is 33.4 Å². The molecule has 0 saturated heterocycles. The van der Waals surface area contributed by atoms with Crippen LogP contribution in [-0.2, 0) is 34.7 Å². The molecule has 0 unspecified atom stereocenters. The van der Waals surface area contributed by atoms with E-state index in [4.69, 9.17) is 0 Å². The lowest BCUT2D eigenvalue weighted by atomic mass is 10.1. The van der Waals surface area contributed by atoms with E-state index in [1.54, 1.807) is 0 Å². The van der Waals surface area contributed by atoms with Crippen LogP contribution >= 0.6 is 0 Å². The standard InChI is InChI=1S/C24H34S.C10H5F9O3S/c1-3-5-7-9-11-21-13-17-23(18-14-21)25-24-19-15-22(16-20-24)12-10-8-6-4-2;11-7(12,9(15,16)17)8(13,14)10(18,19)23(20,21)22-6-4-2-1-3-5-6/h13-20H,3-12H2,1-2H3;1-5H/p+1. The predicted molar refractivity (Wildman–Crippen MR) is 171 cm³/mol. The molecule has 0 saturated carbocycles. The first kappa shape index (κ1) is 41.3.